The van der Waals surface area contributed by atoms with Crippen molar-refractivity contribution in [3.05, 3.63) is 12.3 Å². The monoisotopic (exact) mass is 293 g/mol. The molecule has 1 fully saturated rings. The molecule has 2 rings (SSSR count). The maximum atomic E-state index is 11.9. The first-order valence-corrected chi connectivity index (χ1v) is 7.09. The van der Waals surface area contributed by atoms with E-state index in [1.165, 1.54) is 6.42 Å². The summed E-state index contributed by atoms with van der Waals surface area (Å²) in [4.78, 5) is 22.1. The van der Waals surface area contributed by atoms with Gasteiger partial charge >= 0.3 is 6.03 Å². The zero-order valence-electron chi connectivity index (χ0n) is 12.8. The number of anilines is 2. The van der Waals surface area contributed by atoms with Crippen LogP contribution >= 0.6 is 0 Å². The van der Waals surface area contributed by atoms with Gasteiger partial charge in [-0.05, 0) is 18.9 Å². The highest BCUT2D eigenvalue weighted by Gasteiger charge is 2.37. The Hall–Kier alpha value is -1.89. The predicted molar refractivity (Wildman–Crippen MR) is 81.5 cm³/mol. The standard InChI is InChI=1S/C14H23N5O2/c1-19(2)11-5-8-15-12(17-11)18-13(20)16-9-14(10-21-3)6-4-7-14/h5,8H,4,6-7,9-10H2,1-3H3,(H2,15,16,17,18,20). The molecule has 0 spiro atoms. The first-order chi connectivity index (χ1) is 10.0. The number of rotatable bonds is 6. The summed E-state index contributed by atoms with van der Waals surface area (Å²) in [5.74, 6) is 1.04. The number of aromatic nitrogens is 2. The van der Waals surface area contributed by atoms with E-state index in [0.717, 1.165) is 18.7 Å². The SMILES string of the molecule is COCC1(CNC(=O)Nc2nccc(N(C)C)n2)CCC1. The fraction of sp³-hybridized carbons (Fsp3) is 0.643. The van der Waals surface area contributed by atoms with Gasteiger partial charge in [-0.15, -0.1) is 0 Å². The molecule has 0 radical (unpaired) electrons. The maximum Gasteiger partial charge on any atom is 0.321 e. The van der Waals surface area contributed by atoms with Gasteiger partial charge in [0.1, 0.15) is 5.82 Å². The summed E-state index contributed by atoms with van der Waals surface area (Å²) in [6.45, 7) is 1.29. The Labute approximate surface area is 125 Å². The average Bonchev–Trinajstić information content (AvgIpc) is 2.42. The van der Waals surface area contributed by atoms with Crippen LogP contribution in [0.3, 0.4) is 0 Å². The third kappa shape index (κ3) is 4.04. The van der Waals surface area contributed by atoms with Crippen molar-refractivity contribution >= 4 is 17.8 Å². The lowest BCUT2D eigenvalue weighted by atomic mass is 9.69. The van der Waals surface area contributed by atoms with Crippen molar-refractivity contribution in [2.45, 2.75) is 19.3 Å². The second-order valence-corrected chi connectivity index (χ2v) is 5.73. The number of ether oxygens (including phenoxy) is 1. The van der Waals surface area contributed by atoms with E-state index in [1.807, 2.05) is 19.0 Å². The molecule has 0 saturated heterocycles. The van der Waals surface area contributed by atoms with Crippen LogP contribution in [0.15, 0.2) is 12.3 Å². The molecule has 7 heteroatoms. The van der Waals surface area contributed by atoms with Crippen LogP contribution in [0.5, 0.6) is 0 Å². The second kappa shape index (κ2) is 6.71. The molecule has 0 aliphatic heterocycles. The van der Waals surface area contributed by atoms with Gasteiger partial charge in [0.25, 0.3) is 0 Å². The minimum atomic E-state index is -0.284. The summed E-state index contributed by atoms with van der Waals surface area (Å²) in [6.07, 6.45) is 5.00. The molecule has 1 saturated carbocycles. The lowest BCUT2D eigenvalue weighted by molar-refractivity contribution is 0.0203. The van der Waals surface area contributed by atoms with Crippen LogP contribution in [0.1, 0.15) is 19.3 Å². The maximum absolute atomic E-state index is 11.9. The van der Waals surface area contributed by atoms with Crippen molar-refractivity contribution in [3.8, 4) is 0 Å². The largest absolute Gasteiger partial charge is 0.384 e. The number of carbonyl (C=O) groups is 1. The van der Waals surface area contributed by atoms with Gasteiger partial charge in [-0.1, -0.05) is 6.42 Å². The highest BCUT2D eigenvalue weighted by Crippen LogP contribution is 2.40. The van der Waals surface area contributed by atoms with E-state index in [-0.39, 0.29) is 11.4 Å². The fourth-order valence-corrected chi connectivity index (χ4v) is 2.43. The van der Waals surface area contributed by atoms with Crippen molar-refractivity contribution in [2.75, 3.05) is 44.6 Å². The van der Waals surface area contributed by atoms with E-state index < -0.39 is 0 Å². The van der Waals surface area contributed by atoms with Crippen molar-refractivity contribution in [1.29, 1.82) is 0 Å². The minimum Gasteiger partial charge on any atom is -0.384 e. The van der Waals surface area contributed by atoms with Gasteiger partial charge in [-0.25, -0.2) is 9.78 Å². The van der Waals surface area contributed by atoms with Crippen LogP contribution in [0.2, 0.25) is 0 Å². The highest BCUT2D eigenvalue weighted by molar-refractivity contribution is 5.87. The van der Waals surface area contributed by atoms with Crippen molar-refractivity contribution in [2.24, 2.45) is 5.41 Å². The van der Waals surface area contributed by atoms with E-state index in [0.29, 0.717) is 19.1 Å². The highest BCUT2D eigenvalue weighted by atomic mass is 16.5. The lowest BCUT2D eigenvalue weighted by Crippen LogP contribution is -2.46. The van der Waals surface area contributed by atoms with E-state index >= 15 is 0 Å². The summed E-state index contributed by atoms with van der Waals surface area (Å²) < 4.78 is 5.24. The molecule has 1 aromatic heterocycles. The van der Waals surface area contributed by atoms with Crippen LogP contribution in [-0.2, 0) is 4.74 Å². The number of hydrogen-bond donors (Lipinski definition) is 2. The Bertz CT molecular complexity index is 488. The topological polar surface area (TPSA) is 79.4 Å². The summed E-state index contributed by atoms with van der Waals surface area (Å²) in [5.41, 5.74) is 0.0957. The molecule has 2 amide bonds. The van der Waals surface area contributed by atoms with E-state index in [1.54, 1.807) is 19.4 Å². The number of methoxy groups -OCH3 is 1. The molecule has 7 nitrogen and oxygen atoms in total. The van der Waals surface area contributed by atoms with Crippen molar-refractivity contribution < 1.29 is 9.53 Å². The normalized spacial score (nSPS) is 16.0. The van der Waals surface area contributed by atoms with Crippen LogP contribution < -0.4 is 15.5 Å². The van der Waals surface area contributed by atoms with Crippen LogP contribution in [0, 0.1) is 5.41 Å². The Morgan fingerprint density at radius 1 is 1.48 bits per heavy atom. The first kappa shape index (κ1) is 15.5. The van der Waals surface area contributed by atoms with E-state index in [9.17, 15) is 4.79 Å². The third-order valence-corrected chi connectivity index (χ3v) is 3.81. The molecule has 116 valence electrons. The van der Waals surface area contributed by atoms with Crippen LogP contribution in [0.25, 0.3) is 0 Å². The molecule has 0 atom stereocenters. The van der Waals surface area contributed by atoms with Gasteiger partial charge in [0.05, 0.1) is 6.61 Å². The molecule has 2 N–H and O–H groups in total. The van der Waals surface area contributed by atoms with E-state index in [4.69, 9.17) is 4.74 Å². The fourth-order valence-electron chi connectivity index (χ4n) is 2.43. The molecule has 1 aliphatic carbocycles. The first-order valence-electron chi connectivity index (χ1n) is 7.09. The quantitative estimate of drug-likeness (QED) is 0.830. The summed E-state index contributed by atoms with van der Waals surface area (Å²) in [7, 11) is 5.47. The van der Waals surface area contributed by atoms with Gasteiger partial charge < -0.3 is 15.0 Å². The molecular formula is C14H23N5O2. The number of nitrogens with one attached hydrogen (secondary N) is 2. The number of hydrogen-bond acceptors (Lipinski definition) is 5. The minimum absolute atomic E-state index is 0.0957. The Balaban J connectivity index is 1.85. The molecule has 1 aromatic rings. The average molecular weight is 293 g/mol. The molecule has 1 aliphatic rings. The predicted octanol–water partition coefficient (Wildman–Crippen LogP) is 1.48. The molecule has 1 heterocycles. The van der Waals surface area contributed by atoms with Gasteiger partial charge in [-0.3, -0.25) is 5.32 Å². The molecular weight excluding hydrogens is 270 g/mol. The third-order valence-electron chi connectivity index (χ3n) is 3.81. The van der Waals surface area contributed by atoms with Gasteiger partial charge in [-0.2, -0.15) is 4.98 Å². The van der Waals surface area contributed by atoms with E-state index in [2.05, 4.69) is 20.6 Å². The Morgan fingerprint density at radius 3 is 2.81 bits per heavy atom. The molecule has 0 aromatic carbocycles. The van der Waals surface area contributed by atoms with Crippen LogP contribution in [-0.4, -0.2) is 50.4 Å². The zero-order valence-corrected chi connectivity index (χ0v) is 12.8. The summed E-state index contributed by atoms with van der Waals surface area (Å²) in [5, 5.41) is 5.54. The lowest BCUT2D eigenvalue weighted by Gasteiger charge is -2.41. The van der Waals surface area contributed by atoms with Crippen LogP contribution in [0.4, 0.5) is 16.6 Å². The number of amides is 2. The Kier molecular flexibility index (Phi) is 4.95. The molecule has 0 bridgehead atoms. The number of nitrogens with zero attached hydrogens (tertiary/aromatic N) is 3. The summed E-state index contributed by atoms with van der Waals surface area (Å²) in [6, 6.07) is 1.50. The zero-order chi connectivity index (χ0) is 15.3. The second-order valence-electron chi connectivity index (χ2n) is 5.73. The molecule has 0 unspecified atom stereocenters. The van der Waals surface area contributed by atoms with Crippen molar-refractivity contribution in [3.63, 3.8) is 0 Å². The van der Waals surface area contributed by atoms with Gasteiger partial charge in [0, 0.05) is 39.4 Å². The number of urea groups is 1. The summed E-state index contributed by atoms with van der Waals surface area (Å²) >= 11 is 0. The number of carbonyl (C=O) groups excluding carboxylic acids is 1. The van der Waals surface area contributed by atoms with Gasteiger partial charge in [0.2, 0.25) is 5.95 Å². The Morgan fingerprint density at radius 2 is 2.24 bits per heavy atom. The molecule has 21 heavy (non-hydrogen) atoms. The van der Waals surface area contributed by atoms with Crippen molar-refractivity contribution in [1.82, 2.24) is 15.3 Å². The van der Waals surface area contributed by atoms with Gasteiger partial charge in [0.15, 0.2) is 0 Å². The smallest absolute Gasteiger partial charge is 0.321 e.